The zero-order valence-corrected chi connectivity index (χ0v) is 9.31. The molecule has 1 heterocycles. The Morgan fingerprint density at radius 1 is 1.32 bits per heavy atom. The molecule has 0 aliphatic carbocycles. The Kier molecular flexibility index (Phi) is 2.97. The molecule has 0 bridgehead atoms. The molecule has 2 rings (SSSR count). The molecule has 5 nitrogen and oxygen atoms in total. The normalized spacial score (nSPS) is 15.4. The second kappa shape index (κ2) is 4.23. The van der Waals surface area contributed by atoms with E-state index < -0.39 is 30.1 Å². The molecule has 1 aromatic carbocycles. The van der Waals surface area contributed by atoms with Gasteiger partial charge in [0.15, 0.2) is 5.58 Å². The van der Waals surface area contributed by atoms with Crippen LogP contribution in [0.15, 0.2) is 28.7 Å². The van der Waals surface area contributed by atoms with Crippen LogP contribution in [0.25, 0.3) is 11.1 Å². The topological polar surface area (TPSA) is 83.6 Å². The molecule has 0 aliphatic rings. The highest BCUT2D eigenvalue weighted by atomic mass is 19.4. The van der Waals surface area contributed by atoms with Gasteiger partial charge in [0, 0.05) is 0 Å². The lowest BCUT2D eigenvalue weighted by atomic mass is 9.99. The Morgan fingerprint density at radius 2 is 1.95 bits per heavy atom. The molecular weight excluding hydrogens is 267 g/mol. The Balaban J connectivity index is 2.57. The van der Waals surface area contributed by atoms with Gasteiger partial charge in [-0.05, 0) is 12.1 Å². The lowest BCUT2D eigenvalue weighted by Gasteiger charge is -2.25. The molecule has 0 amide bonds. The van der Waals surface area contributed by atoms with Gasteiger partial charge in [-0.25, -0.2) is 4.98 Å². The smallest absolute Gasteiger partial charge is 0.426 e. The van der Waals surface area contributed by atoms with E-state index in [1.54, 1.807) is 0 Å². The van der Waals surface area contributed by atoms with E-state index in [0.29, 0.717) is 0 Å². The number of carboxylic acids is 1. The van der Waals surface area contributed by atoms with Crippen molar-refractivity contribution < 1.29 is 32.6 Å². The van der Waals surface area contributed by atoms with Crippen LogP contribution in [0.3, 0.4) is 0 Å². The maximum absolute atomic E-state index is 12.9. The molecule has 19 heavy (non-hydrogen) atoms. The molecule has 0 radical (unpaired) electrons. The van der Waals surface area contributed by atoms with Crippen LogP contribution in [-0.4, -0.2) is 27.3 Å². The van der Waals surface area contributed by atoms with Gasteiger partial charge in [-0.15, -0.1) is 0 Å². The molecule has 0 aliphatic heterocycles. The van der Waals surface area contributed by atoms with Crippen molar-refractivity contribution in [2.45, 2.75) is 18.2 Å². The van der Waals surface area contributed by atoms with Crippen molar-refractivity contribution in [2.75, 3.05) is 0 Å². The van der Waals surface area contributed by atoms with E-state index in [-0.39, 0.29) is 11.1 Å². The number of fused-ring (bicyclic) bond motifs is 1. The van der Waals surface area contributed by atoms with Crippen LogP contribution < -0.4 is 0 Å². The molecule has 1 atom stereocenters. The molecule has 0 fully saturated rings. The molecule has 8 heteroatoms. The Hall–Kier alpha value is -2.09. The molecular formula is C11H8F3NO4. The number of rotatable bonds is 3. The fourth-order valence-electron chi connectivity index (χ4n) is 1.57. The van der Waals surface area contributed by atoms with Crippen molar-refractivity contribution in [3.05, 3.63) is 30.2 Å². The monoisotopic (exact) mass is 275 g/mol. The fraction of sp³-hybridized carbons (Fsp3) is 0.273. The second-order valence-electron chi connectivity index (χ2n) is 3.92. The van der Waals surface area contributed by atoms with Crippen LogP contribution in [0.1, 0.15) is 12.3 Å². The van der Waals surface area contributed by atoms with E-state index in [4.69, 9.17) is 9.52 Å². The van der Waals surface area contributed by atoms with E-state index >= 15 is 0 Å². The van der Waals surface area contributed by atoms with Gasteiger partial charge < -0.3 is 14.6 Å². The number of oxazole rings is 1. The minimum Gasteiger partial charge on any atom is -0.481 e. The number of carbonyl (C=O) groups is 1. The number of benzene rings is 1. The SMILES string of the molecule is O=C(O)C[C@@](O)(c1nc2ccccc2o1)C(F)(F)F. The maximum atomic E-state index is 12.9. The zero-order chi connectivity index (χ0) is 14.3. The first kappa shape index (κ1) is 13.3. The van der Waals surface area contributed by atoms with Gasteiger partial charge in [-0.2, -0.15) is 13.2 Å². The molecule has 0 saturated carbocycles. The van der Waals surface area contributed by atoms with Gasteiger partial charge in [0.05, 0.1) is 6.42 Å². The highest BCUT2D eigenvalue weighted by Crippen LogP contribution is 2.42. The lowest BCUT2D eigenvalue weighted by molar-refractivity contribution is -0.276. The summed E-state index contributed by atoms with van der Waals surface area (Å²) >= 11 is 0. The number of aliphatic carboxylic acids is 1. The molecule has 2 aromatic rings. The van der Waals surface area contributed by atoms with Crippen LogP contribution in [-0.2, 0) is 10.4 Å². The van der Waals surface area contributed by atoms with Crippen molar-refractivity contribution in [1.82, 2.24) is 4.98 Å². The van der Waals surface area contributed by atoms with Crippen LogP contribution in [0, 0.1) is 0 Å². The standard InChI is InChI=1S/C11H8F3NO4/c12-11(13,14)10(18,5-8(16)17)9-15-6-3-1-2-4-7(6)19-9/h1-4,18H,5H2,(H,16,17)/t10-/m1/s1. The van der Waals surface area contributed by atoms with E-state index in [1.165, 1.54) is 24.3 Å². The van der Waals surface area contributed by atoms with E-state index in [2.05, 4.69) is 4.98 Å². The number of hydrogen-bond donors (Lipinski definition) is 2. The largest absolute Gasteiger partial charge is 0.481 e. The number of para-hydroxylation sites is 2. The highest BCUT2D eigenvalue weighted by Gasteiger charge is 2.60. The summed E-state index contributed by atoms with van der Waals surface area (Å²) < 4.78 is 43.4. The van der Waals surface area contributed by atoms with Gasteiger partial charge in [0.2, 0.25) is 11.5 Å². The van der Waals surface area contributed by atoms with Gasteiger partial charge >= 0.3 is 12.1 Å². The third-order valence-electron chi connectivity index (χ3n) is 2.52. The van der Waals surface area contributed by atoms with Crippen molar-refractivity contribution in [3.63, 3.8) is 0 Å². The summed E-state index contributed by atoms with van der Waals surface area (Å²) in [7, 11) is 0. The van der Waals surface area contributed by atoms with Gasteiger partial charge in [-0.3, -0.25) is 4.79 Å². The van der Waals surface area contributed by atoms with Gasteiger partial charge in [0.25, 0.3) is 0 Å². The fourth-order valence-corrected chi connectivity index (χ4v) is 1.57. The average Bonchev–Trinajstić information content (AvgIpc) is 2.70. The van der Waals surface area contributed by atoms with Crippen molar-refractivity contribution >= 4 is 17.1 Å². The molecule has 1 aromatic heterocycles. The molecule has 102 valence electrons. The van der Waals surface area contributed by atoms with Crippen molar-refractivity contribution in [1.29, 1.82) is 0 Å². The average molecular weight is 275 g/mol. The maximum Gasteiger partial charge on any atom is 0.426 e. The quantitative estimate of drug-likeness (QED) is 0.895. The van der Waals surface area contributed by atoms with E-state index in [0.717, 1.165) is 0 Å². The number of halogens is 3. The third-order valence-corrected chi connectivity index (χ3v) is 2.52. The summed E-state index contributed by atoms with van der Waals surface area (Å²) in [4.78, 5) is 14.0. The highest BCUT2D eigenvalue weighted by molar-refractivity contribution is 5.73. The summed E-state index contributed by atoms with van der Waals surface area (Å²) in [5.74, 6) is -2.90. The Labute approximate surface area is 104 Å². The zero-order valence-electron chi connectivity index (χ0n) is 9.31. The first-order valence-electron chi connectivity index (χ1n) is 5.11. The minimum atomic E-state index is -5.22. The lowest BCUT2D eigenvalue weighted by Crippen LogP contribution is -2.44. The summed E-state index contributed by atoms with van der Waals surface area (Å²) in [6, 6.07) is 5.79. The van der Waals surface area contributed by atoms with Crippen molar-refractivity contribution in [3.8, 4) is 0 Å². The number of hydrogen-bond acceptors (Lipinski definition) is 4. The number of nitrogens with zero attached hydrogens (tertiary/aromatic N) is 1. The van der Waals surface area contributed by atoms with E-state index in [9.17, 15) is 23.1 Å². The summed E-state index contributed by atoms with van der Waals surface area (Å²) in [6.45, 7) is 0. The van der Waals surface area contributed by atoms with Crippen LogP contribution in [0.4, 0.5) is 13.2 Å². The summed E-state index contributed by atoms with van der Waals surface area (Å²) in [6.07, 6.45) is -6.80. The number of alkyl halides is 3. The second-order valence-corrected chi connectivity index (χ2v) is 3.92. The number of aromatic nitrogens is 1. The summed E-state index contributed by atoms with van der Waals surface area (Å²) in [5.41, 5.74) is -3.52. The Bertz CT molecular complexity index is 589. The first-order chi connectivity index (χ1) is 8.74. The van der Waals surface area contributed by atoms with E-state index in [1.807, 2.05) is 0 Å². The predicted molar refractivity (Wildman–Crippen MR) is 56.2 cm³/mol. The van der Waals surface area contributed by atoms with Gasteiger partial charge in [0.1, 0.15) is 5.52 Å². The molecule has 0 spiro atoms. The van der Waals surface area contributed by atoms with Crippen LogP contribution in [0.5, 0.6) is 0 Å². The van der Waals surface area contributed by atoms with Crippen LogP contribution >= 0.6 is 0 Å². The first-order valence-corrected chi connectivity index (χ1v) is 5.11. The summed E-state index contributed by atoms with van der Waals surface area (Å²) in [5, 5.41) is 18.1. The number of aliphatic hydroxyl groups is 1. The number of carboxylic acid groups (broad SMARTS) is 1. The predicted octanol–water partition coefficient (Wildman–Crippen LogP) is 2.05. The third kappa shape index (κ3) is 2.26. The molecule has 0 saturated heterocycles. The van der Waals surface area contributed by atoms with Crippen LogP contribution in [0.2, 0.25) is 0 Å². The van der Waals surface area contributed by atoms with Crippen molar-refractivity contribution in [2.24, 2.45) is 0 Å². The van der Waals surface area contributed by atoms with Gasteiger partial charge in [-0.1, -0.05) is 12.1 Å². The minimum absolute atomic E-state index is 0.0329. The Morgan fingerprint density at radius 3 is 2.47 bits per heavy atom. The molecule has 0 unspecified atom stereocenters. The molecule has 2 N–H and O–H groups in total.